The maximum absolute atomic E-state index is 12.9. The summed E-state index contributed by atoms with van der Waals surface area (Å²) in [5, 5.41) is 0. The number of amides is 1. The van der Waals surface area contributed by atoms with Gasteiger partial charge in [0.15, 0.2) is 0 Å². The van der Waals surface area contributed by atoms with Gasteiger partial charge in [-0.25, -0.2) is 8.42 Å². The van der Waals surface area contributed by atoms with Gasteiger partial charge in [-0.2, -0.15) is 4.31 Å². The summed E-state index contributed by atoms with van der Waals surface area (Å²) < 4.78 is 26.9. The lowest BCUT2D eigenvalue weighted by Crippen LogP contribution is -2.52. The molecule has 2 aliphatic rings. The summed E-state index contributed by atoms with van der Waals surface area (Å²) in [6.07, 6.45) is 5.23. The molecule has 2 fully saturated rings. The summed E-state index contributed by atoms with van der Waals surface area (Å²) in [6, 6.07) is 3.32. The fourth-order valence-electron chi connectivity index (χ4n) is 3.66. The predicted octanol–water partition coefficient (Wildman–Crippen LogP) is 1.49. The summed E-state index contributed by atoms with van der Waals surface area (Å²) in [4.78, 5) is 18.9. The fourth-order valence-corrected chi connectivity index (χ4v) is 5.15. The van der Waals surface area contributed by atoms with Gasteiger partial charge in [0.25, 0.3) is 0 Å². The van der Waals surface area contributed by atoms with Crippen molar-refractivity contribution in [2.45, 2.75) is 44.0 Å². The van der Waals surface area contributed by atoms with E-state index >= 15 is 0 Å². The minimum absolute atomic E-state index is 0.114. The van der Waals surface area contributed by atoms with Crippen molar-refractivity contribution in [3.63, 3.8) is 0 Å². The molecule has 1 atom stereocenters. The van der Waals surface area contributed by atoms with E-state index in [1.54, 1.807) is 18.3 Å². The van der Waals surface area contributed by atoms with Gasteiger partial charge >= 0.3 is 0 Å². The molecule has 6 nitrogen and oxygen atoms in total. The van der Waals surface area contributed by atoms with Gasteiger partial charge < -0.3 is 4.90 Å². The van der Waals surface area contributed by atoms with Crippen molar-refractivity contribution in [2.24, 2.45) is 5.41 Å². The molecule has 7 heteroatoms. The molecule has 2 aliphatic heterocycles. The Kier molecular flexibility index (Phi) is 4.18. The molecule has 1 amide bonds. The van der Waals surface area contributed by atoms with Crippen molar-refractivity contribution < 1.29 is 13.2 Å². The van der Waals surface area contributed by atoms with Gasteiger partial charge in [0, 0.05) is 38.1 Å². The maximum atomic E-state index is 12.9. The molecular formula is C16H23N3O3S. The Morgan fingerprint density at radius 1 is 1.26 bits per heavy atom. The van der Waals surface area contributed by atoms with Crippen LogP contribution in [0, 0.1) is 5.41 Å². The van der Waals surface area contributed by atoms with E-state index in [-0.39, 0.29) is 23.4 Å². The molecular weight excluding hydrogens is 314 g/mol. The zero-order valence-electron chi connectivity index (χ0n) is 13.6. The predicted molar refractivity (Wildman–Crippen MR) is 86.1 cm³/mol. The average molecular weight is 337 g/mol. The third kappa shape index (κ3) is 2.76. The largest absolute Gasteiger partial charge is 0.340 e. The van der Waals surface area contributed by atoms with Crippen molar-refractivity contribution in [1.29, 1.82) is 0 Å². The van der Waals surface area contributed by atoms with E-state index in [2.05, 4.69) is 4.98 Å². The van der Waals surface area contributed by atoms with Gasteiger partial charge in [0.05, 0.1) is 5.41 Å². The summed E-state index contributed by atoms with van der Waals surface area (Å²) >= 11 is 0. The second-order valence-corrected chi connectivity index (χ2v) is 8.69. The van der Waals surface area contributed by atoms with Crippen LogP contribution in [0.5, 0.6) is 0 Å². The molecule has 0 aromatic carbocycles. The SMILES string of the molecule is CC(C)N1CCCC2(CCN(S(=O)(=O)c3cccnc3)C2)C1=O. The Morgan fingerprint density at radius 3 is 2.70 bits per heavy atom. The highest BCUT2D eigenvalue weighted by Crippen LogP contribution is 2.42. The van der Waals surface area contributed by atoms with E-state index in [1.807, 2.05) is 18.7 Å². The molecule has 1 aromatic rings. The minimum atomic E-state index is -3.58. The highest BCUT2D eigenvalue weighted by molar-refractivity contribution is 7.89. The summed E-state index contributed by atoms with van der Waals surface area (Å²) in [6.45, 7) is 5.47. The standard InChI is InChI=1S/C16H23N3O3S/c1-13(2)19-9-4-6-16(15(19)20)7-10-18(12-16)23(21,22)14-5-3-8-17-11-14/h3,5,8,11,13H,4,6-7,9-10,12H2,1-2H3. The van der Waals surface area contributed by atoms with Gasteiger partial charge in [-0.05, 0) is 45.2 Å². The first-order valence-electron chi connectivity index (χ1n) is 8.08. The average Bonchev–Trinajstić information content (AvgIpc) is 2.97. The van der Waals surface area contributed by atoms with E-state index in [0.29, 0.717) is 13.0 Å². The van der Waals surface area contributed by atoms with Crippen LogP contribution in [-0.4, -0.2) is 54.2 Å². The molecule has 1 spiro atoms. The van der Waals surface area contributed by atoms with Gasteiger partial charge in [-0.1, -0.05) is 0 Å². The third-order valence-electron chi connectivity index (χ3n) is 4.98. The number of likely N-dealkylation sites (tertiary alicyclic amines) is 1. The smallest absolute Gasteiger partial charge is 0.244 e. The first kappa shape index (κ1) is 16.4. The van der Waals surface area contributed by atoms with E-state index in [9.17, 15) is 13.2 Å². The Morgan fingerprint density at radius 2 is 2.04 bits per heavy atom. The third-order valence-corrected chi connectivity index (χ3v) is 6.81. The van der Waals surface area contributed by atoms with Gasteiger partial charge in [-0.15, -0.1) is 0 Å². The molecule has 0 bridgehead atoms. The lowest BCUT2D eigenvalue weighted by molar-refractivity contribution is -0.147. The molecule has 2 saturated heterocycles. The second kappa shape index (κ2) is 5.87. The quantitative estimate of drug-likeness (QED) is 0.838. The number of nitrogens with zero attached hydrogens (tertiary/aromatic N) is 3. The maximum Gasteiger partial charge on any atom is 0.244 e. The van der Waals surface area contributed by atoms with Crippen molar-refractivity contribution in [3.8, 4) is 0 Å². The van der Waals surface area contributed by atoms with Gasteiger partial charge in [0.1, 0.15) is 4.90 Å². The number of hydrogen-bond donors (Lipinski definition) is 0. The van der Waals surface area contributed by atoms with E-state index in [4.69, 9.17) is 0 Å². The van der Waals surface area contributed by atoms with Crippen LogP contribution in [0.25, 0.3) is 0 Å². The number of aromatic nitrogens is 1. The minimum Gasteiger partial charge on any atom is -0.340 e. The summed E-state index contributed by atoms with van der Waals surface area (Å²) in [5.74, 6) is 0.114. The number of rotatable bonds is 3. The molecule has 0 N–H and O–H groups in total. The fraction of sp³-hybridized carbons (Fsp3) is 0.625. The van der Waals surface area contributed by atoms with Crippen LogP contribution in [0.1, 0.15) is 33.1 Å². The van der Waals surface area contributed by atoms with Crippen LogP contribution in [0.15, 0.2) is 29.4 Å². The van der Waals surface area contributed by atoms with Crippen molar-refractivity contribution in [1.82, 2.24) is 14.2 Å². The second-order valence-electron chi connectivity index (χ2n) is 6.75. The topological polar surface area (TPSA) is 70.6 Å². The van der Waals surface area contributed by atoms with E-state index < -0.39 is 15.4 Å². The van der Waals surface area contributed by atoms with Gasteiger partial charge in [-0.3, -0.25) is 9.78 Å². The Hall–Kier alpha value is -1.47. The van der Waals surface area contributed by atoms with Crippen LogP contribution < -0.4 is 0 Å². The highest BCUT2D eigenvalue weighted by Gasteiger charge is 2.51. The first-order valence-corrected chi connectivity index (χ1v) is 9.52. The Balaban J connectivity index is 1.84. The molecule has 1 aromatic heterocycles. The van der Waals surface area contributed by atoms with Crippen molar-refractivity contribution in [3.05, 3.63) is 24.5 Å². The lowest BCUT2D eigenvalue weighted by atomic mass is 9.78. The van der Waals surface area contributed by atoms with Crippen LogP contribution in [0.3, 0.4) is 0 Å². The molecule has 3 rings (SSSR count). The van der Waals surface area contributed by atoms with E-state index in [1.165, 1.54) is 10.5 Å². The van der Waals surface area contributed by atoms with Crippen LogP contribution in [-0.2, 0) is 14.8 Å². The number of pyridine rings is 1. The summed E-state index contributed by atoms with van der Waals surface area (Å²) in [7, 11) is -3.58. The van der Waals surface area contributed by atoms with Crippen molar-refractivity contribution in [2.75, 3.05) is 19.6 Å². The molecule has 0 saturated carbocycles. The molecule has 0 radical (unpaired) electrons. The molecule has 126 valence electrons. The number of carbonyl (C=O) groups is 1. The van der Waals surface area contributed by atoms with Crippen LogP contribution in [0.2, 0.25) is 0 Å². The number of carbonyl (C=O) groups excluding carboxylic acids is 1. The molecule has 1 unspecified atom stereocenters. The number of hydrogen-bond acceptors (Lipinski definition) is 4. The zero-order valence-corrected chi connectivity index (χ0v) is 14.4. The number of piperidine rings is 1. The highest BCUT2D eigenvalue weighted by atomic mass is 32.2. The summed E-state index contributed by atoms with van der Waals surface area (Å²) in [5.41, 5.74) is -0.544. The monoisotopic (exact) mass is 337 g/mol. The lowest BCUT2D eigenvalue weighted by Gasteiger charge is -2.41. The molecule has 0 aliphatic carbocycles. The Labute approximate surface area is 137 Å². The van der Waals surface area contributed by atoms with Crippen LogP contribution in [0.4, 0.5) is 0 Å². The normalized spacial score (nSPS) is 26.4. The Bertz CT molecular complexity index is 690. The van der Waals surface area contributed by atoms with Crippen LogP contribution >= 0.6 is 0 Å². The molecule has 3 heterocycles. The van der Waals surface area contributed by atoms with Gasteiger partial charge in [0.2, 0.25) is 15.9 Å². The van der Waals surface area contributed by atoms with E-state index in [0.717, 1.165) is 19.4 Å². The first-order chi connectivity index (χ1) is 10.9. The van der Waals surface area contributed by atoms with Crippen molar-refractivity contribution >= 4 is 15.9 Å². The number of sulfonamides is 1. The zero-order chi connectivity index (χ0) is 16.7. The molecule has 23 heavy (non-hydrogen) atoms.